The molecule has 3 aromatic carbocycles. The highest BCUT2D eigenvalue weighted by Crippen LogP contribution is 2.37. The zero-order chi connectivity index (χ0) is 29.0. The quantitative estimate of drug-likeness (QED) is 0.186. The summed E-state index contributed by atoms with van der Waals surface area (Å²) < 4.78 is 28.2. The standard InChI is InChI=1S/C30H30ClN5O3S2/c31-27-18-24(41(38,39)35(16-17-37)20-21-8-2-1-3-9-21)19-33-29(27)34-36(30(32)40)28-25-12-6-4-10-22(25)14-15-23-11-5-7-13-26(23)28/h1-13,18-19,28,37H,14-17,20H2,(H2,32,40)(H,33,34). The minimum atomic E-state index is -4.02. The van der Waals surface area contributed by atoms with Gasteiger partial charge in [-0.05, 0) is 58.9 Å². The first-order valence-electron chi connectivity index (χ1n) is 13.1. The van der Waals surface area contributed by atoms with E-state index in [-0.39, 0.29) is 46.6 Å². The maximum absolute atomic E-state index is 13.5. The van der Waals surface area contributed by atoms with Crippen LogP contribution >= 0.6 is 23.8 Å². The minimum Gasteiger partial charge on any atom is -0.395 e. The van der Waals surface area contributed by atoms with E-state index in [1.165, 1.54) is 27.7 Å². The molecule has 0 radical (unpaired) electrons. The van der Waals surface area contributed by atoms with E-state index < -0.39 is 10.0 Å². The fraction of sp³-hybridized carbons (Fsp3) is 0.200. The molecule has 4 N–H and O–H groups in total. The maximum atomic E-state index is 13.5. The molecule has 0 atom stereocenters. The van der Waals surface area contributed by atoms with Gasteiger partial charge in [-0.25, -0.2) is 18.4 Å². The molecule has 0 bridgehead atoms. The molecule has 0 aliphatic heterocycles. The fourth-order valence-corrected chi connectivity index (χ4v) is 6.93. The Morgan fingerprint density at radius 2 is 1.59 bits per heavy atom. The molecule has 0 fully saturated rings. The summed E-state index contributed by atoms with van der Waals surface area (Å²) in [4.78, 5) is 4.29. The van der Waals surface area contributed by atoms with Gasteiger partial charge in [0.25, 0.3) is 0 Å². The third kappa shape index (κ3) is 6.22. The second-order valence-corrected chi connectivity index (χ2v) is 12.4. The predicted octanol–water partition coefficient (Wildman–Crippen LogP) is 4.68. The van der Waals surface area contributed by atoms with Gasteiger partial charge in [-0.2, -0.15) is 4.31 Å². The van der Waals surface area contributed by atoms with Crippen molar-refractivity contribution in [3.05, 3.63) is 124 Å². The van der Waals surface area contributed by atoms with Crippen LogP contribution < -0.4 is 11.2 Å². The molecule has 0 spiro atoms. The normalized spacial score (nSPS) is 13.2. The summed E-state index contributed by atoms with van der Waals surface area (Å²) in [5, 5.41) is 11.4. The molecule has 0 saturated carbocycles. The number of nitrogens with zero attached hydrogens (tertiary/aromatic N) is 3. The number of thiocarbonyl (C=S) groups is 1. The third-order valence-corrected chi connectivity index (χ3v) is 9.39. The summed E-state index contributed by atoms with van der Waals surface area (Å²) in [6, 6.07) is 26.5. The van der Waals surface area contributed by atoms with Crippen molar-refractivity contribution in [2.75, 3.05) is 18.6 Å². The van der Waals surface area contributed by atoms with Gasteiger partial charge in [0.2, 0.25) is 10.0 Å². The molecule has 0 unspecified atom stereocenters. The van der Waals surface area contributed by atoms with Crippen LogP contribution in [0.15, 0.2) is 96.0 Å². The molecule has 0 saturated heterocycles. The summed E-state index contributed by atoms with van der Waals surface area (Å²) in [5.41, 5.74) is 14.7. The van der Waals surface area contributed by atoms with Gasteiger partial charge in [0.05, 0.1) is 11.6 Å². The average molecular weight is 608 g/mol. The molecule has 212 valence electrons. The second kappa shape index (κ2) is 12.5. The van der Waals surface area contributed by atoms with E-state index in [0.29, 0.717) is 0 Å². The zero-order valence-corrected chi connectivity index (χ0v) is 24.5. The molecule has 1 aliphatic carbocycles. The number of benzene rings is 3. The van der Waals surface area contributed by atoms with E-state index in [0.717, 1.165) is 29.5 Å². The first-order chi connectivity index (χ1) is 19.8. The Hall–Kier alpha value is -3.54. The molecule has 1 aliphatic rings. The monoisotopic (exact) mass is 607 g/mol. The number of fused-ring (bicyclic) bond motifs is 2. The summed E-state index contributed by atoms with van der Waals surface area (Å²) in [7, 11) is -4.02. The van der Waals surface area contributed by atoms with E-state index in [4.69, 9.17) is 29.6 Å². The van der Waals surface area contributed by atoms with Crippen molar-refractivity contribution in [2.45, 2.75) is 30.3 Å². The number of nitrogens with one attached hydrogen (secondary N) is 1. The minimum absolute atomic E-state index is 0.0752. The van der Waals surface area contributed by atoms with Crippen molar-refractivity contribution in [3.8, 4) is 0 Å². The molecule has 1 heterocycles. The number of aliphatic hydroxyl groups excluding tert-OH is 1. The number of aryl methyl sites for hydroxylation is 2. The van der Waals surface area contributed by atoms with Gasteiger partial charge in [-0.1, -0.05) is 90.5 Å². The second-order valence-electron chi connectivity index (χ2n) is 9.67. The Balaban J connectivity index is 1.48. The Morgan fingerprint density at radius 3 is 2.15 bits per heavy atom. The molecule has 11 heteroatoms. The van der Waals surface area contributed by atoms with Crippen LogP contribution in [-0.4, -0.2) is 46.1 Å². The summed E-state index contributed by atoms with van der Waals surface area (Å²) >= 11 is 12.1. The van der Waals surface area contributed by atoms with Crippen molar-refractivity contribution in [2.24, 2.45) is 5.73 Å². The number of pyridine rings is 1. The van der Waals surface area contributed by atoms with Crippen molar-refractivity contribution in [1.82, 2.24) is 14.3 Å². The van der Waals surface area contributed by atoms with Gasteiger partial charge < -0.3 is 10.8 Å². The predicted molar refractivity (Wildman–Crippen MR) is 165 cm³/mol. The lowest BCUT2D eigenvalue weighted by Gasteiger charge is -2.34. The number of rotatable bonds is 9. The summed E-state index contributed by atoms with van der Waals surface area (Å²) in [6.45, 7) is -0.318. The van der Waals surface area contributed by atoms with E-state index >= 15 is 0 Å². The number of anilines is 1. The Morgan fingerprint density at radius 1 is 1.00 bits per heavy atom. The van der Waals surface area contributed by atoms with Gasteiger partial charge in [0.1, 0.15) is 10.9 Å². The largest absolute Gasteiger partial charge is 0.395 e. The van der Waals surface area contributed by atoms with Crippen molar-refractivity contribution >= 4 is 44.8 Å². The molecule has 4 aromatic rings. The van der Waals surface area contributed by atoms with Gasteiger partial charge in [0.15, 0.2) is 10.9 Å². The molecular weight excluding hydrogens is 578 g/mol. The molecular formula is C30H30ClN5O3S2. The zero-order valence-electron chi connectivity index (χ0n) is 22.2. The fourth-order valence-electron chi connectivity index (χ4n) is 5.11. The van der Waals surface area contributed by atoms with Crippen LogP contribution in [0, 0.1) is 0 Å². The van der Waals surface area contributed by atoms with E-state index in [1.807, 2.05) is 54.6 Å². The highest BCUT2D eigenvalue weighted by atomic mass is 35.5. The van der Waals surface area contributed by atoms with Gasteiger partial charge in [-0.3, -0.25) is 5.43 Å². The SMILES string of the molecule is NC(=S)N(Nc1ncc(S(=O)(=O)N(CCO)Cc2ccccc2)cc1Cl)C1c2ccccc2CCc2ccccc21. The smallest absolute Gasteiger partial charge is 0.245 e. The highest BCUT2D eigenvalue weighted by Gasteiger charge is 2.31. The lowest BCUT2D eigenvalue weighted by atomic mass is 9.94. The van der Waals surface area contributed by atoms with Crippen molar-refractivity contribution in [3.63, 3.8) is 0 Å². The number of sulfonamides is 1. The molecule has 0 amide bonds. The molecule has 8 nitrogen and oxygen atoms in total. The van der Waals surface area contributed by atoms with Gasteiger partial charge >= 0.3 is 0 Å². The Labute approximate surface area is 250 Å². The number of aromatic nitrogens is 1. The summed E-state index contributed by atoms with van der Waals surface area (Å²) in [6.07, 6.45) is 2.98. The van der Waals surface area contributed by atoms with Crippen LogP contribution in [0.25, 0.3) is 0 Å². The van der Waals surface area contributed by atoms with E-state index in [9.17, 15) is 13.5 Å². The van der Waals surface area contributed by atoms with E-state index in [1.54, 1.807) is 5.01 Å². The Kier molecular flexibility index (Phi) is 8.86. The number of halogens is 1. The molecule has 1 aromatic heterocycles. The van der Waals surface area contributed by atoms with Crippen LogP contribution in [-0.2, 0) is 29.4 Å². The van der Waals surface area contributed by atoms with Crippen molar-refractivity contribution in [1.29, 1.82) is 0 Å². The highest BCUT2D eigenvalue weighted by molar-refractivity contribution is 7.89. The number of hydrogen-bond acceptors (Lipinski definition) is 6. The van der Waals surface area contributed by atoms with Crippen LogP contribution in [0.2, 0.25) is 5.02 Å². The lowest BCUT2D eigenvalue weighted by Crippen LogP contribution is -2.43. The maximum Gasteiger partial charge on any atom is 0.245 e. The number of hydrogen-bond donors (Lipinski definition) is 3. The Bertz CT molecular complexity index is 1610. The molecule has 41 heavy (non-hydrogen) atoms. The van der Waals surface area contributed by atoms with Gasteiger partial charge in [-0.15, -0.1) is 0 Å². The third-order valence-electron chi connectivity index (χ3n) is 7.09. The summed E-state index contributed by atoms with van der Waals surface area (Å²) in [5.74, 6) is 0.203. The van der Waals surface area contributed by atoms with Crippen LogP contribution in [0.1, 0.15) is 33.9 Å². The topological polar surface area (TPSA) is 112 Å². The van der Waals surface area contributed by atoms with E-state index in [2.05, 4.69) is 34.7 Å². The first kappa shape index (κ1) is 29.0. The lowest BCUT2D eigenvalue weighted by molar-refractivity contribution is 0.251. The van der Waals surface area contributed by atoms with Crippen LogP contribution in [0.5, 0.6) is 0 Å². The van der Waals surface area contributed by atoms with Gasteiger partial charge in [0, 0.05) is 19.3 Å². The van der Waals surface area contributed by atoms with Crippen LogP contribution in [0.4, 0.5) is 5.82 Å². The van der Waals surface area contributed by atoms with Crippen LogP contribution in [0.3, 0.4) is 0 Å². The number of hydrazine groups is 1. The first-order valence-corrected chi connectivity index (χ1v) is 15.3. The average Bonchev–Trinajstić information content (AvgIpc) is 3.14. The number of nitrogens with two attached hydrogens (primary N) is 1. The number of aliphatic hydroxyl groups is 1. The molecule has 5 rings (SSSR count). The van der Waals surface area contributed by atoms with Crippen molar-refractivity contribution < 1.29 is 13.5 Å².